The van der Waals surface area contributed by atoms with Crippen LogP contribution in [0, 0.1) is 19.8 Å². The Morgan fingerprint density at radius 1 is 1.36 bits per heavy atom. The maximum atomic E-state index is 12.2. The second kappa shape index (κ2) is 7.42. The molecule has 1 saturated carbocycles. The molecule has 1 aliphatic carbocycles. The number of amides is 2. The van der Waals surface area contributed by atoms with Crippen molar-refractivity contribution in [2.45, 2.75) is 65.0 Å². The van der Waals surface area contributed by atoms with E-state index in [9.17, 15) is 9.90 Å². The Balaban J connectivity index is 1.90. The van der Waals surface area contributed by atoms with Crippen molar-refractivity contribution in [3.05, 3.63) is 15.6 Å². The highest BCUT2D eigenvalue weighted by Gasteiger charge is 2.35. The number of rotatable bonds is 5. The van der Waals surface area contributed by atoms with E-state index in [1.807, 2.05) is 20.8 Å². The van der Waals surface area contributed by atoms with Crippen molar-refractivity contribution < 1.29 is 9.90 Å². The van der Waals surface area contributed by atoms with Crippen LogP contribution in [0.15, 0.2) is 0 Å². The van der Waals surface area contributed by atoms with Crippen LogP contribution in [0.25, 0.3) is 0 Å². The van der Waals surface area contributed by atoms with Crippen LogP contribution < -0.4 is 10.6 Å². The van der Waals surface area contributed by atoms with Crippen LogP contribution in [0.1, 0.15) is 54.6 Å². The SMILES string of the molecule is Cc1nc(C)c(CNC(=O)N[C@@](C)(CO)C2CCCCC2)s1. The molecular formula is C16H27N3O2S. The third-order valence-corrected chi connectivity index (χ3v) is 5.72. The molecule has 1 aromatic heterocycles. The van der Waals surface area contributed by atoms with Crippen LogP contribution in [-0.4, -0.2) is 28.3 Å². The Bertz CT molecular complexity index is 511. The molecule has 0 radical (unpaired) electrons. The molecule has 6 heteroatoms. The van der Waals surface area contributed by atoms with Crippen molar-refractivity contribution >= 4 is 17.4 Å². The summed E-state index contributed by atoms with van der Waals surface area (Å²) in [5.41, 5.74) is 0.434. The lowest BCUT2D eigenvalue weighted by Gasteiger charge is -2.39. The van der Waals surface area contributed by atoms with E-state index in [4.69, 9.17) is 0 Å². The first kappa shape index (κ1) is 17.2. The van der Waals surface area contributed by atoms with Gasteiger partial charge >= 0.3 is 6.03 Å². The Labute approximate surface area is 136 Å². The molecular weight excluding hydrogens is 298 g/mol. The summed E-state index contributed by atoms with van der Waals surface area (Å²) in [4.78, 5) is 17.6. The van der Waals surface area contributed by atoms with Crippen molar-refractivity contribution in [1.29, 1.82) is 0 Å². The maximum Gasteiger partial charge on any atom is 0.315 e. The number of hydrogen-bond donors (Lipinski definition) is 3. The summed E-state index contributed by atoms with van der Waals surface area (Å²) in [6.45, 7) is 6.33. The second-order valence-corrected chi connectivity index (χ2v) is 7.75. The average Bonchev–Trinajstić information content (AvgIpc) is 2.84. The minimum atomic E-state index is -0.539. The predicted octanol–water partition coefficient (Wildman–Crippen LogP) is 2.89. The molecule has 22 heavy (non-hydrogen) atoms. The molecule has 0 saturated heterocycles. The third-order valence-electron chi connectivity index (χ3n) is 4.64. The predicted molar refractivity (Wildman–Crippen MR) is 89.0 cm³/mol. The topological polar surface area (TPSA) is 74.2 Å². The Hall–Kier alpha value is -1.14. The first-order chi connectivity index (χ1) is 10.4. The molecule has 0 aromatic carbocycles. The van der Waals surface area contributed by atoms with Crippen molar-refractivity contribution in [3.8, 4) is 0 Å². The van der Waals surface area contributed by atoms with E-state index >= 15 is 0 Å². The molecule has 124 valence electrons. The van der Waals surface area contributed by atoms with Crippen LogP contribution >= 0.6 is 11.3 Å². The standard InChI is InChI=1S/C16H27N3O2S/c1-11-14(22-12(2)18-11)9-17-15(21)19-16(3,10-20)13-7-5-4-6-8-13/h13,20H,4-10H2,1-3H3,(H2,17,19,21)/t16-/m0/s1. The van der Waals surface area contributed by atoms with Crippen LogP contribution in [0.2, 0.25) is 0 Å². The summed E-state index contributed by atoms with van der Waals surface area (Å²) in [7, 11) is 0. The number of carbonyl (C=O) groups excluding carboxylic acids is 1. The van der Waals surface area contributed by atoms with Gasteiger partial charge in [0.2, 0.25) is 0 Å². The molecule has 1 heterocycles. The summed E-state index contributed by atoms with van der Waals surface area (Å²) >= 11 is 1.61. The van der Waals surface area contributed by atoms with E-state index in [1.54, 1.807) is 11.3 Å². The van der Waals surface area contributed by atoms with Gasteiger partial charge in [-0.2, -0.15) is 0 Å². The van der Waals surface area contributed by atoms with Gasteiger partial charge in [0.15, 0.2) is 0 Å². The molecule has 0 spiro atoms. The van der Waals surface area contributed by atoms with Gasteiger partial charge in [-0.15, -0.1) is 11.3 Å². The number of aliphatic hydroxyl groups is 1. The molecule has 0 aliphatic heterocycles. The van der Waals surface area contributed by atoms with Gasteiger partial charge in [0.1, 0.15) is 0 Å². The molecule has 1 aromatic rings. The Morgan fingerprint density at radius 3 is 2.59 bits per heavy atom. The van der Waals surface area contributed by atoms with E-state index in [-0.39, 0.29) is 12.6 Å². The normalized spacial score (nSPS) is 18.7. The van der Waals surface area contributed by atoms with Crippen LogP contribution in [-0.2, 0) is 6.54 Å². The molecule has 1 fully saturated rings. The number of aromatic nitrogens is 1. The quantitative estimate of drug-likeness (QED) is 0.779. The first-order valence-corrected chi connectivity index (χ1v) is 8.86. The smallest absolute Gasteiger partial charge is 0.315 e. The highest BCUT2D eigenvalue weighted by atomic mass is 32.1. The number of aryl methyl sites for hydroxylation is 2. The summed E-state index contributed by atoms with van der Waals surface area (Å²) in [5, 5.41) is 16.7. The Morgan fingerprint density at radius 2 is 2.05 bits per heavy atom. The van der Waals surface area contributed by atoms with Gasteiger partial charge in [-0.25, -0.2) is 9.78 Å². The van der Waals surface area contributed by atoms with E-state index in [1.165, 1.54) is 19.3 Å². The summed E-state index contributed by atoms with van der Waals surface area (Å²) in [5.74, 6) is 0.351. The minimum Gasteiger partial charge on any atom is -0.394 e. The fourth-order valence-corrected chi connectivity index (χ4v) is 4.09. The van der Waals surface area contributed by atoms with E-state index in [0.717, 1.165) is 28.4 Å². The Kier molecular flexibility index (Phi) is 5.81. The molecule has 0 unspecified atom stereocenters. The number of nitrogens with zero attached hydrogens (tertiary/aromatic N) is 1. The van der Waals surface area contributed by atoms with Crippen LogP contribution in [0.5, 0.6) is 0 Å². The molecule has 1 aliphatic rings. The highest BCUT2D eigenvalue weighted by molar-refractivity contribution is 7.11. The zero-order valence-electron chi connectivity index (χ0n) is 13.7. The summed E-state index contributed by atoms with van der Waals surface area (Å²) < 4.78 is 0. The highest BCUT2D eigenvalue weighted by Crippen LogP contribution is 2.32. The van der Waals surface area contributed by atoms with Crippen LogP contribution in [0.3, 0.4) is 0 Å². The molecule has 3 N–H and O–H groups in total. The van der Waals surface area contributed by atoms with E-state index in [2.05, 4.69) is 15.6 Å². The molecule has 5 nitrogen and oxygen atoms in total. The molecule has 2 amide bonds. The zero-order valence-corrected chi connectivity index (χ0v) is 14.6. The molecule has 2 rings (SSSR count). The van der Waals surface area contributed by atoms with Crippen molar-refractivity contribution in [1.82, 2.24) is 15.6 Å². The van der Waals surface area contributed by atoms with E-state index in [0.29, 0.717) is 12.5 Å². The van der Waals surface area contributed by atoms with Gasteiger partial charge in [-0.05, 0) is 39.5 Å². The van der Waals surface area contributed by atoms with Crippen LogP contribution in [0.4, 0.5) is 4.79 Å². The van der Waals surface area contributed by atoms with E-state index < -0.39 is 5.54 Å². The maximum absolute atomic E-state index is 12.2. The molecule has 0 bridgehead atoms. The monoisotopic (exact) mass is 325 g/mol. The second-order valence-electron chi connectivity index (χ2n) is 6.46. The lowest BCUT2D eigenvalue weighted by Crippen LogP contribution is -2.57. The lowest BCUT2D eigenvalue weighted by atomic mass is 9.76. The number of hydrogen-bond acceptors (Lipinski definition) is 4. The fourth-order valence-electron chi connectivity index (χ4n) is 3.21. The van der Waals surface area contributed by atoms with Gasteiger partial charge < -0.3 is 15.7 Å². The summed E-state index contributed by atoms with van der Waals surface area (Å²) in [6, 6.07) is -0.215. The first-order valence-electron chi connectivity index (χ1n) is 8.04. The largest absolute Gasteiger partial charge is 0.394 e. The fraction of sp³-hybridized carbons (Fsp3) is 0.750. The van der Waals surface area contributed by atoms with Crippen molar-refractivity contribution in [2.24, 2.45) is 5.92 Å². The average molecular weight is 325 g/mol. The number of urea groups is 1. The minimum absolute atomic E-state index is 0.0240. The number of carbonyl (C=O) groups is 1. The number of thiazole rings is 1. The van der Waals surface area contributed by atoms with Gasteiger partial charge in [0, 0.05) is 4.88 Å². The number of aliphatic hydroxyl groups excluding tert-OH is 1. The van der Waals surface area contributed by atoms with Crippen molar-refractivity contribution in [3.63, 3.8) is 0 Å². The van der Waals surface area contributed by atoms with Gasteiger partial charge in [-0.3, -0.25) is 0 Å². The van der Waals surface area contributed by atoms with Gasteiger partial charge in [0.25, 0.3) is 0 Å². The lowest BCUT2D eigenvalue weighted by molar-refractivity contribution is 0.101. The molecule has 1 atom stereocenters. The number of nitrogens with one attached hydrogen (secondary N) is 2. The zero-order chi connectivity index (χ0) is 16.2. The summed E-state index contributed by atoms with van der Waals surface area (Å²) in [6.07, 6.45) is 5.77. The van der Waals surface area contributed by atoms with Gasteiger partial charge in [0.05, 0.1) is 29.4 Å². The third kappa shape index (κ3) is 4.20. The van der Waals surface area contributed by atoms with Crippen molar-refractivity contribution in [2.75, 3.05) is 6.61 Å². The van der Waals surface area contributed by atoms with Gasteiger partial charge in [-0.1, -0.05) is 19.3 Å².